The Bertz CT molecular complexity index is 270. The number of hydrogen-bond donors (Lipinski definition) is 1. The van der Waals surface area contributed by atoms with Crippen molar-refractivity contribution in [1.82, 2.24) is 9.13 Å². The van der Waals surface area contributed by atoms with E-state index >= 15 is 0 Å². The maximum Gasteiger partial charge on any atom is 0.180 e. The summed E-state index contributed by atoms with van der Waals surface area (Å²) in [7, 11) is 3.72. The molecule has 0 saturated carbocycles. The van der Waals surface area contributed by atoms with E-state index in [1.807, 2.05) is 18.7 Å². The molecule has 0 saturated heterocycles. The van der Waals surface area contributed by atoms with Crippen LogP contribution < -0.4 is 5.73 Å². The molecule has 0 radical (unpaired) electrons. The number of anilines is 1. The van der Waals surface area contributed by atoms with Gasteiger partial charge < -0.3 is 14.9 Å². The molecule has 50 valence electrons. The van der Waals surface area contributed by atoms with Crippen LogP contribution in [-0.4, -0.2) is 9.13 Å². The van der Waals surface area contributed by atoms with Crippen LogP contribution >= 0.6 is 12.2 Å². The van der Waals surface area contributed by atoms with E-state index in [1.165, 1.54) is 0 Å². The third kappa shape index (κ3) is 0.853. The molecule has 1 aromatic heterocycles. The van der Waals surface area contributed by atoms with E-state index in [0.717, 1.165) is 4.77 Å². The Kier molecular flexibility index (Phi) is 1.32. The molecule has 0 aliphatic carbocycles. The number of aryl methyl sites for hydroxylation is 1. The highest BCUT2D eigenvalue weighted by atomic mass is 32.1. The van der Waals surface area contributed by atoms with Gasteiger partial charge in [0.05, 0.1) is 0 Å². The number of rotatable bonds is 0. The van der Waals surface area contributed by atoms with Gasteiger partial charge in [0, 0.05) is 20.3 Å². The molecule has 1 heterocycles. The molecule has 4 heteroatoms. The van der Waals surface area contributed by atoms with Crippen LogP contribution in [-0.2, 0) is 14.1 Å². The van der Waals surface area contributed by atoms with E-state index < -0.39 is 0 Å². The lowest BCUT2D eigenvalue weighted by molar-refractivity contribution is 0.817. The lowest BCUT2D eigenvalue weighted by Gasteiger charge is -1.90. The Labute approximate surface area is 58.7 Å². The highest BCUT2D eigenvalue weighted by molar-refractivity contribution is 7.71. The van der Waals surface area contributed by atoms with Crippen LogP contribution in [0.4, 0.5) is 5.82 Å². The third-order valence-electron chi connectivity index (χ3n) is 1.30. The number of imidazole rings is 1. The Morgan fingerprint density at radius 2 is 2.11 bits per heavy atom. The van der Waals surface area contributed by atoms with Crippen LogP contribution in [0.5, 0.6) is 0 Å². The summed E-state index contributed by atoms with van der Waals surface area (Å²) < 4.78 is 4.31. The van der Waals surface area contributed by atoms with E-state index in [9.17, 15) is 0 Å². The van der Waals surface area contributed by atoms with Crippen LogP contribution in [0.1, 0.15) is 0 Å². The molecular formula is C5H9N3S. The highest BCUT2D eigenvalue weighted by Gasteiger charge is 1.94. The normalized spacial score (nSPS) is 10.0. The monoisotopic (exact) mass is 143 g/mol. The summed E-state index contributed by atoms with van der Waals surface area (Å²) in [5.74, 6) is 0.697. The smallest absolute Gasteiger partial charge is 0.180 e. The largest absolute Gasteiger partial charge is 0.384 e. The van der Waals surface area contributed by atoms with Gasteiger partial charge in [0.2, 0.25) is 0 Å². The van der Waals surface area contributed by atoms with Crippen LogP contribution in [0.2, 0.25) is 0 Å². The first-order chi connectivity index (χ1) is 4.13. The van der Waals surface area contributed by atoms with Crippen molar-refractivity contribution in [3.05, 3.63) is 11.0 Å². The molecule has 0 spiro atoms. The summed E-state index contributed by atoms with van der Waals surface area (Å²) in [6.45, 7) is 0. The van der Waals surface area contributed by atoms with Gasteiger partial charge >= 0.3 is 0 Å². The predicted octanol–water partition coefficient (Wildman–Crippen LogP) is 0.675. The Morgan fingerprint density at radius 3 is 2.22 bits per heavy atom. The summed E-state index contributed by atoms with van der Waals surface area (Å²) in [6.07, 6.45) is 1.79. The lowest BCUT2D eigenvalue weighted by atomic mass is 10.8. The van der Waals surface area contributed by atoms with Gasteiger partial charge in [0.1, 0.15) is 5.82 Å². The summed E-state index contributed by atoms with van der Waals surface area (Å²) in [5, 5.41) is 0. The van der Waals surface area contributed by atoms with E-state index in [1.54, 1.807) is 10.8 Å². The van der Waals surface area contributed by atoms with E-state index in [4.69, 9.17) is 18.0 Å². The zero-order valence-corrected chi connectivity index (χ0v) is 6.27. The zero-order chi connectivity index (χ0) is 7.02. The number of aromatic nitrogens is 2. The first kappa shape index (κ1) is 6.35. The molecule has 9 heavy (non-hydrogen) atoms. The van der Waals surface area contributed by atoms with Gasteiger partial charge in [0.25, 0.3) is 0 Å². The molecule has 0 unspecified atom stereocenters. The summed E-state index contributed by atoms with van der Waals surface area (Å²) in [4.78, 5) is 0. The molecule has 0 atom stereocenters. The Morgan fingerprint density at radius 1 is 1.56 bits per heavy atom. The lowest BCUT2D eigenvalue weighted by Crippen LogP contribution is -1.94. The first-order valence-corrected chi connectivity index (χ1v) is 3.01. The minimum Gasteiger partial charge on any atom is -0.384 e. The number of hydrogen-bond acceptors (Lipinski definition) is 2. The fourth-order valence-corrected chi connectivity index (χ4v) is 0.845. The van der Waals surface area contributed by atoms with Crippen molar-refractivity contribution >= 4 is 18.0 Å². The van der Waals surface area contributed by atoms with Crippen LogP contribution in [0.25, 0.3) is 0 Å². The third-order valence-corrected chi connectivity index (χ3v) is 1.86. The van der Waals surface area contributed by atoms with Crippen molar-refractivity contribution in [1.29, 1.82) is 0 Å². The van der Waals surface area contributed by atoms with Crippen molar-refractivity contribution in [3.63, 3.8) is 0 Å². The van der Waals surface area contributed by atoms with E-state index in [-0.39, 0.29) is 0 Å². The van der Waals surface area contributed by atoms with Gasteiger partial charge in [0.15, 0.2) is 4.77 Å². The SMILES string of the molecule is Cn1cc(N)n(C)c1=S. The minimum absolute atomic E-state index is 0.697. The molecule has 0 bridgehead atoms. The van der Waals surface area contributed by atoms with Gasteiger partial charge in [-0.05, 0) is 12.2 Å². The van der Waals surface area contributed by atoms with Crippen LogP contribution in [0.15, 0.2) is 6.20 Å². The average molecular weight is 143 g/mol. The number of nitrogens with zero attached hydrogens (tertiary/aromatic N) is 2. The Hall–Kier alpha value is -0.770. The summed E-state index contributed by atoms with van der Waals surface area (Å²) >= 11 is 4.96. The molecule has 1 aromatic rings. The molecular weight excluding hydrogens is 134 g/mol. The highest BCUT2D eigenvalue weighted by Crippen LogP contribution is 2.01. The van der Waals surface area contributed by atoms with Crippen molar-refractivity contribution in [3.8, 4) is 0 Å². The van der Waals surface area contributed by atoms with Crippen molar-refractivity contribution in [2.45, 2.75) is 0 Å². The van der Waals surface area contributed by atoms with E-state index in [0.29, 0.717) is 5.82 Å². The molecule has 0 aromatic carbocycles. The summed E-state index contributed by atoms with van der Waals surface area (Å²) in [6, 6.07) is 0. The zero-order valence-electron chi connectivity index (χ0n) is 5.46. The number of nitrogens with two attached hydrogens (primary N) is 1. The maximum atomic E-state index is 5.52. The predicted molar refractivity (Wildman–Crippen MR) is 39.6 cm³/mol. The van der Waals surface area contributed by atoms with E-state index in [2.05, 4.69) is 0 Å². The van der Waals surface area contributed by atoms with Crippen molar-refractivity contribution < 1.29 is 0 Å². The standard InChI is InChI=1S/C5H9N3S/c1-7-3-4(6)8(2)5(7)9/h3H,6H2,1-2H3. The maximum absolute atomic E-state index is 5.52. The molecule has 2 N–H and O–H groups in total. The molecule has 0 amide bonds. The molecule has 1 rings (SSSR count). The Balaban J connectivity index is 3.48. The van der Waals surface area contributed by atoms with Gasteiger partial charge in [-0.1, -0.05) is 0 Å². The minimum atomic E-state index is 0.697. The second kappa shape index (κ2) is 1.88. The molecule has 0 fully saturated rings. The molecule has 0 aliphatic rings. The molecule has 0 aliphatic heterocycles. The van der Waals surface area contributed by atoms with Gasteiger partial charge in [-0.2, -0.15) is 0 Å². The number of nitrogen functional groups attached to an aromatic ring is 1. The fourth-order valence-electron chi connectivity index (χ4n) is 0.687. The average Bonchev–Trinajstić information content (AvgIpc) is 1.98. The van der Waals surface area contributed by atoms with Crippen molar-refractivity contribution in [2.24, 2.45) is 14.1 Å². The fraction of sp³-hybridized carbons (Fsp3) is 0.400. The first-order valence-electron chi connectivity index (χ1n) is 2.60. The van der Waals surface area contributed by atoms with Gasteiger partial charge in [-0.3, -0.25) is 0 Å². The van der Waals surface area contributed by atoms with Crippen LogP contribution in [0, 0.1) is 4.77 Å². The summed E-state index contributed by atoms with van der Waals surface area (Å²) in [5.41, 5.74) is 5.52. The van der Waals surface area contributed by atoms with Gasteiger partial charge in [-0.25, -0.2) is 0 Å². The second-order valence-electron chi connectivity index (χ2n) is 2.01. The molecule has 3 nitrogen and oxygen atoms in total. The quantitative estimate of drug-likeness (QED) is 0.542. The second-order valence-corrected chi connectivity index (χ2v) is 2.37. The van der Waals surface area contributed by atoms with Crippen LogP contribution in [0.3, 0.4) is 0 Å². The topological polar surface area (TPSA) is 35.9 Å². The van der Waals surface area contributed by atoms with Crippen molar-refractivity contribution in [2.75, 3.05) is 5.73 Å². The van der Waals surface area contributed by atoms with Gasteiger partial charge in [-0.15, -0.1) is 0 Å².